The van der Waals surface area contributed by atoms with E-state index in [0.29, 0.717) is 4.88 Å². The molecule has 0 atom stereocenters. The van der Waals surface area contributed by atoms with Crippen LogP contribution >= 0.6 is 11.3 Å². The van der Waals surface area contributed by atoms with Gasteiger partial charge < -0.3 is 9.64 Å². The minimum atomic E-state index is -0.358. The molecule has 1 aromatic carbocycles. The highest BCUT2D eigenvalue weighted by Gasteiger charge is 2.16. The summed E-state index contributed by atoms with van der Waals surface area (Å²) in [5.41, 5.74) is 0. The van der Waals surface area contributed by atoms with Crippen molar-refractivity contribution in [1.29, 1.82) is 0 Å². The van der Waals surface area contributed by atoms with Crippen LogP contribution in [-0.2, 0) is 9.53 Å². The summed E-state index contributed by atoms with van der Waals surface area (Å²) in [4.78, 5) is 25.2. The number of carbonyl (C=O) groups is 2. The van der Waals surface area contributed by atoms with Crippen molar-refractivity contribution in [2.24, 2.45) is 0 Å². The first kappa shape index (κ1) is 14.5. The van der Waals surface area contributed by atoms with Crippen LogP contribution in [0.15, 0.2) is 24.3 Å². The standard InChI is InChI=1S/C14H14FNO3S/c1-16(6-5-13(17)19-2)14(18)12-7-9-3-4-10(15)8-11(9)20-12/h3-4,7-8H,5-6H2,1-2H3. The van der Waals surface area contributed by atoms with Gasteiger partial charge in [0.2, 0.25) is 0 Å². The Kier molecular flexibility index (Phi) is 4.34. The zero-order valence-electron chi connectivity index (χ0n) is 11.2. The number of halogens is 1. The Morgan fingerprint density at radius 3 is 2.80 bits per heavy atom. The highest BCUT2D eigenvalue weighted by atomic mass is 32.1. The molecule has 106 valence electrons. The van der Waals surface area contributed by atoms with Gasteiger partial charge in [-0.3, -0.25) is 9.59 Å². The van der Waals surface area contributed by atoms with Crippen LogP contribution in [0.5, 0.6) is 0 Å². The fraction of sp³-hybridized carbons (Fsp3) is 0.286. The molecule has 0 aliphatic rings. The van der Waals surface area contributed by atoms with Gasteiger partial charge in [-0.25, -0.2) is 4.39 Å². The first-order chi connectivity index (χ1) is 9.51. The number of hydrogen-bond acceptors (Lipinski definition) is 4. The predicted octanol–water partition coefficient (Wildman–Crippen LogP) is 2.68. The minimum absolute atomic E-state index is 0.151. The molecule has 0 spiro atoms. The molecule has 0 fully saturated rings. The van der Waals surface area contributed by atoms with Crippen LogP contribution < -0.4 is 0 Å². The lowest BCUT2D eigenvalue weighted by Crippen LogP contribution is -2.28. The molecule has 2 rings (SSSR count). The van der Waals surface area contributed by atoms with Crippen LogP contribution in [-0.4, -0.2) is 37.5 Å². The minimum Gasteiger partial charge on any atom is -0.469 e. The molecule has 0 bridgehead atoms. The van der Waals surface area contributed by atoms with Crippen LogP contribution in [0.25, 0.3) is 10.1 Å². The van der Waals surface area contributed by atoms with E-state index in [0.717, 1.165) is 10.1 Å². The maximum atomic E-state index is 13.1. The van der Waals surface area contributed by atoms with Gasteiger partial charge in [0.25, 0.3) is 5.91 Å². The molecular formula is C14H14FNO3S. The largest absolute Gasteiger partial charge is 0.469 e. The molecule has 0 saturated carbocycles. The molecule has 4 nitrogen and oxygen atoms in total. The Hall–Kier alpha value is -1.95. The monoisotopic (exact) mass is 295 g/mol. The van der Waals surface area contributed by atoms with E-state index in [1.165, 1.54) is 35.5 Å². The van der Waals surface area contributed by atoms with E-state index in [1.807, 2.05) is 0 Å². The average molecular weight is 295 g/mol. The molecule has 0 aliphatic carbocycles. The van der Waals surface area contributed by atoms with E-state index in [-0.39, 0.29) is 30.7 Å². The van der Waals surface area contributed by atoms with Crippen molar-refractivity contribution in [3.05, 3.63) is 35.0 Å². The number of thiophene rings is 1. The predicted molar refractivity (Wildman–Crippen MR) is 75.4 cm³/mol. The summed E-state index contributed by atoms with van der Waals surface area (Å²) < 4.78 is 18.4. The number of amides is 1. The van der Waals surface area contributed by atoms with Gasteiger partial charge in [-0.2, -0.15) is 0 Å². The maximum Gasteiger partial charge on any atom is 0.307 e. The van der Waals surface area contributed by atoms with Crippen molar-refractivity contribution in [1.82, 2.24) is 4.90 Å². The molecule has 0 N–H and O–H groups in total. The van der Waals surface area contributed by atoms with Crippen molar-refractivity contribution in [2.75, 3.05) is 20.7 Å². The number of hydrogen-bond donors (Lipinski definition) is 0. The van der Waals surface area contributed by atoms with Gasteiger partial charge in [-0.1, -0.05) is 6.07 Å². The second kappa shape index (κ2) is 6.00. The van der Waals surface area contributed by atoms with Crippen LogP contribution in [0.1, 0.15) is 16.1 Å². The molecule has 20 heavy (non-hydrogen) atoms. The van der Waals surface area contributed by atoms with Crippen molar-refractivity contribution >= 4 is 33.3 Å². The molecule has 0 aliphatic heterocycles. The fourth-order valence-electron chi connectivity index (χ4n) is 1.76. The molecular weight excluding hydrogens is 281 g/mol. The van der Waals surface area contributed by atoms with E-state index in [2.05, 4.69) is 4.74 Å². The van der Waals surface area contributed by atoms with E-state index >= 15 is 0 Å². The van der Waals surface area contributed by atoms with Gasteiger partial charge in [-0.15, -0.1) is 11.3 Å². The van der Waals surface area contributed by atoms with Gasteiger partial charge in [0.05, 0.1) is 18.4 Å². The molecule has 1 aromatic heterocycles. The van der Waals surface area contributed by atoms with Crippen molar-refractivity contribution in [3.8, 4) is 0 Å². The molecule has 2 aromatic rings. The van der Waals surface area contributed by atoms with Crippen molar-refractivity contribution < 1.29 is 18.7 Å². The van der Waals surface area contributed by atoms with Gasteiger partial charge in [-0.05, 0) is 23.6 Å². The number of esters is 1. The lowest BCUT2D eigenvalue weighted by atomic mass is 10.2. The maximum absolute atomic E-state index is 13.1. The van der Waals surface area contributed by atoms with Crippen molar-refractivity contribution in [2.45, 2.75) is 6.42 Å². The van der Waals surface area contributed by atoms with Gasteiger partial charge >= 0.3 is 5.97 Å². The lowest BCUT2D eigenvalue weighted by molar-refractivity contribution is -0.140. The average Bonchev–Trinajstić information content (AvgIpc) is 2.86. The second-order valence-electron chi connectivity index (χ2n) is 4.35. The molecule has 6 heteroatoms. The number of methoxy groups -OCH3 is 1. The quantitative estimate of drug-likeness (QED) is 0.815. The number of nitrogens with zero attached hydrogens (tertiary/aromatic N) is 1. The fourth-order valence-corrected chi connectivity index (χ4v) is 2.84. The van der Waals surface area contributed by atoms with E-state index in [9.17, 15) is 14.0 Å². The van der Waals surface area contributed by atoms with E-state index < -0.39 is 0 Å². The summed E-state index contributed by atoms with van der Waals surface area (Å²) in [6.07, 6.45) is 0.151. The number of fused-ring (bicyclic) bond motifs is 1. The van der Waals surface area contributed by atoms with Gasteiger partial charge in [0.1, 0.15) is 5.82 Å². The zero-order chi connectivity index (χ0) is 14.7. The summed E-state index contributed by atoms with van der Waals surface area (Å²) in [5.74, 6) is -0.865. The summed E-state index contributed by atoms with van der Waals surface area (Å²) in [6, 6.07) is 6.15. The SMILES string of the molecule is COC(=O)CCN(C)C(=O)c1cc2ccc(F)cc2s1. The Balaban J connectivity index is 2.12. The third kappa shape index (κ3) is 3.14. The number of rotatable bonds is 4. The van der Waals surface area contributed by atoms with Crippen LogP contribution in [0.3, 0.4) is 0 Å². The molecule has 1 amide bonds. The second-order valence-corrected chi connectivity index (χ2v) is 5.43. The first-order valence-corrected chi connectivity index (χ1v) is 6.84. The van der Waals surface area contributed by atoms with Crippen LogP contribution in [0, 0.1) is 5.82 Å². The molecule has 0 saturated heterocycles. The Labute approximate surface area is 119 Å². The molecule has 1 heterocycles. The molecule has 0 radical (unpaired) electrons. The number of carbonyl (C=O) groups excluding carboxylic acids is 2. The van der Waals surface area contributed by atoms with Gasteiger partial charge in [0, 0.05) is 18.3 Å². The summed E-state index contributed by atoms with van der Waals surface area (Å²) in [5, 5.41) is 0.834. The Morgan fingerprint density at radius 2 is 2.10 bits per heavy atom. The Morgan fingerprint density at radius 1 is 1.35 bits per heavy atom. The number of benzene rings is 1. The lowest BCUT2D eigenvalue weighted by Gasteiger charge is -2.15. The van der Waals surface area contributed by atoms with Crippen LogP contribution in [0.4, 0.5) is 4.39 Å². The normalized spacial score (nSPS) is 10.6. The van der Waals surface area contributed by atoms with Gasteiger partial charge in [0.15, 0.2) is 0 Å². The van der Waals surface area contributed by atoms with Crippen LogP contribution in [0.2, 0.25) is 0 Å². The smallest absolute Gasteiger partial charge is 0.307 e. The highest BCUT2D eigenvalue weighted by Crippen LogP contribution is 2.27. The topological polar surface area (TPSA) is 46.6 Å². The first-order valence-electron chi connectivity index (χ1n) is 6.02. The van der Waals surface area contributed by atoms with E-state index in [1.54, 1.807) is 19.2 Å². The van der Waals surface area contributed by atoms with Crippen molar-refractivity contribution in [3.63, 3.8) is 0 Å². The third-order valence-electron chi connectivity index (χ3n) is 2.92. The highest BCUT2D eigenvalue weighted by molar-refractivity contribution is 7.20. The third-order valence-corrected chi connectivity index (χ3v) is 4.00. The Bertz CT molecular complexity index is 653. The summed E-state index contributed by atoms with van der Waals surface area (Å²) in [7, 11) is 2.93. The molecule has 0 unspecified atom stereocenters. The summed E-state index contributed by atoms with van der Waals surface area (Å²) >= 11 is 1.24. The summed E-state index contributed by atoms with van der Waals surface area (Å²) in [6.45, 7) is 0.286. The van der Waals surface area contributed by atoms with E-state index in [4.69, 9.17) is 0 Å². The number of ether oxygens (including phenoxy) is 1. The zero-order valence-corrected chi connectivity index (χ0v) is 12.0.